The lowest BCUT2D eigenvalue weighted by atomic mass is 9.91. The summed E-state index contributed by atoms with van der Waals surface area (Å²) in [4.78, 5) is 47.4. The molecule has 0 unspecified atom stereocenters. The standard InChI is InChI=1S/C37H49ClN4O3/c1-4-41(36(44)25-31-11-7-10-29-9-5-6-12-34(29)31)32-17-21-39(22-18-32)19-8-20-42(33-14-13-27(2)35(38)26-33)37(45)30-15-23-40(24-16-30)28(3)43/h6-7,10-14,26,30,32H,4-5,8-9,15-25H2,1-3H3. The number of halogens is 1. The quantitative estimate of drug-likeness (QED) is 0.315. The number of anilines is 1. The van der Waals surface area contributed by atoms with E-state index in [4.69, 9.17) is 11.6 Å². The van der Waals surface area contributed by atoms with Crippen molar-refractivity contribution in [2.75, 3.05) is 50.7 Å². The highest BCUT2D eigenvalue weighted by Crippen LogP contribution is 2.28. The predicted octanol–water partition coefficient (Wildman–Crippen LogP) is 6.15. The van der Waals surface area contributed by atoms with Gasteiger partial charge in [-0.2, -0.15) is 0 Å². The number of benzene rings is 2. The van der Waals surface area contributed by atoms with Crippen LogP contribution in [0, 0.1) is 12.8 Å². The van der Waals surface area contributed by atoms with Gasteiger partial charge in [0.15, 0.2) is 0 Å². The monoisotopic (exact) mass is 632 g/mol. The van der Waals surface area contributed by atoms with Gasteiger partial charge in [0, 0.05) is 68.9 Å². The van der Waals surface area contributed by atoms with Crippen LogP contribution >= 0.6 is 11.6 Å². The molecule has 242 valence electrons. The molecule has 0 spiro atoms. The summed E-state index contributed by atoms with van der Waals surface area (Å²) in [6.07, 6.45) is 11.2. The van der Waals surface area contributed by atoms with Crippen LogP contribution in [0.2, 0.25) is 5.02 Å². The van der Waals surface area contributed by atoms with Gasteiger partial charge in [-0.3, -0.25) is 14.4 Å². The lowest BCUT2D eigenvalue weighted by Gasteiger charge is -2.39. The first kappa shape index (κ1) is 33.2. The zero-order valence-corrected chi connectivity index (χ0v) is 28.0. The maximum absolute atomic E-state index is 13.8. The van der Waals surface area contributed by atoms with Crippen molar-refractivity contribution in [3.8, 4) is 0 Å². The summed E-state index contributed by atoms with van der Waals surface area (Å²) in [6.45, 7) is 11.1. The van der Waals surface area contributed by atoms with Gasteiger partial charge in [-0.15, -0.1) is 0 Å². The normalized spacial score (nSPS) is 17.6. The Hall–Kier alpha value is -3.16. The molecule has 2 aromatic rings. The van der Waals surface area contributed by atoms with Crippen molar-refractivity contribution < 1.29 is 14.4 Å². The van der Waals surface area contributed by atoms with E-state index in [1.165, 1.54) is 11.1 Å². The van der Waals surface area contributed by atoms with Gasteiger partial charge in [0.25, 0.3) is 0 Å². The lowest BCUT2D eigenvalue weighted by Crippen LogP contribution is -2.48. The van der Waals surface area contributed by atoms with E-state index in [2.05, 4.69) is 47.1 Å². The van der Waals surface area contributed by atoms with Crippen LogP contribution in [0.25, 0.3) is 6.08 Å². The molecule has 0 bridgehead atoms. The van der Waals surface area contributed by atoms with Gasteiger partial charge in [0.05, 0.1) is 6.42 Å². The summed E-state index contributed by atoms with van der Waals surface area (Å²) in [5, 5.41) is 0.664. The van der Waals surface area contributed by atoms with Crippen molar-refractivity contribution in [1.29, 1.82) is 0 Å². The van der Waals surface area contributed by atoms with Crippen LogP contribution in [0.3, 0.4) is 0 Å². The molecule has 0 radical (unpaired) electrons. The van der Waals surface area contributed by atoms with E-state index in [1.807, 2.05) is 34.9 Å². The molecule has 2 fully saturated rings. The fourth-order valence-corrected chi connectivity index (χ4v) is 7.45. The van der Waals surface area contributed by atoms with E-state index >= 15 is 0 Å². The van der Waals surface area contributed by atoms with E-state index in [9.17, 15) is 14.4 Å². The number of likely N-dealkylation sites (tertiary alicyclic amines) is 2. The predicted molar refractivity (Wildman–Crippen MR) is 182 cm³/mol. The van der Waals surface area contributed by atoms with Crippen molar-refractivity contribution in [2.24, 2.45) is 5.92 Å². The number of aryl methyl sites for hydroxylation is 2. The number of hydrogen-bond donors (Lipinski definition) is 0. The number of hydrogen-bond acceptors (Lipinski definition) is 4. The number of carbonyl (C=O) groups is 3. The number of carbonyl (C=O) groups excluding carboxylic acids is 3. The number of fused-ring (bicyclic) bond motifs is 1. The third-order valence-corrected chi connectivity index (χ3v) is 10.4. The Bertz CT molecular complexity index is 1390. The summed E-state index contributed by atoms with van der Waals surface area (Å²) in [6, 6.07) is 12.5. The summed E-state index contributed by atoms with van der Waals surface area (Å²) in [5.41, 5.74) is 5.57. The number of likely N-dealkylation sites (N-methyl/N-ethyl adjacent to an activating group) is 1. The first-order valence-electron chi connectivity index (χ1n) is 16.9. The molecule has 7 nitrogen and oxygen atoms in total. The summed E-state index contributed by atoms with van der Waals surface area (Å²) in [5.74, 6) is 0.337. The fourth-order valence-electron chi connectivity index (χ4n) is 7.28. The van der Waals surface area contributed by atoms with Crippen LogP contribution in [-0.2, 0) is 27.2 Å². The van der Waals surface area contributed by atoms with Crippen LogP contribution in [0.4, 0.5) is 5.69 Å². The topological polar surface area (TPSA) is 64.2 Å². The highest BCUT2D eigenvalue weighted by atomic mass is 35.5. The van der Waals surface area contributed by atoms with E-state index < -0.39 is 0 Å². The minimum absolute atomic E-state index is 0.0745. The highest BCUT2D eigenvalue weighted by Gasteiger charge is 2.31. The molecule has 8 heteroatoms. The molecule has 3 aliphatic rings. The van der Waals surface area contributed by atoms with Crippen LogP contribution < -0.4 is 4.90 Å². The molecule has 0 aromatic heterocycles. The molecule has 3 amide bonds. The molecule has 0 N–H and O–H groups in total. The second kappa shape index (κ2) is 15.4. The average molecular weight is 633 g/mol. The molecule has 2 saturated heterocycles. The first-order chi connectivity index (χ1) is 21.7. The third kappa shape index (κ3) is 8.17. The zero-order valence-electron chi connectivity index (χ0n) is 27.3. The zero-order chi connectivity index (χ0) is 31.9. The van der Waals surface area contributed by atoms with E-state index in [0.29, 0.717) is 43.9 Å². The molecule has 2 aromatic carbocycles. The summed E-state index contributed by atoms with van der Waals surface area (Å²) in [7, 11) is 0. The maximum atomic E-state index is 13.8. The summed E-state index contributed by atoms with van der Waals surface area (Å²) < 4.78 is 0. The van der Waals surface area contributed by atoms with Crippen molar-refractivity contribution in [2.45, 2.75) is 78.2 Å². The number of rotatable bonds is 10. The second-order valence-electron chi connectivity index (χ2n) is 12.9. The molecular weight excluding hydrogens is 584 g/mol. The maximum Gasteiger partial charge on any atom is 0.230 e. The molecular formula is C37H49ClN4O3. The van der Waals surface area contributed by atoms with Crippen LogP contribution in [0.15, 0.2) is 42.5 Å². The Kier molecular flexibility index (Phi) is 11.4. The van der Waals surface area contributed by atoms with E-state index in [0.717, 1.165) is 75.1 Å². The van der Waals surface area contributed by atoms with Crippen molar-refractivity contribution in [3.05, 3.63) is 69.8 Å². The smallest absolute Gasteiger partial charge is 0.230 e. The van der Waals surface area contributed by atoms with Gasteiger partial charge in [0.1, 0.15) is 0 Å². The van der Waals surface area contributed by atoms with Gasteiger partial charge in [-0.1, -0.05) is 48.0 Å². The van der Waals surface area contributed by atoms with Crippen molar-refractivity contribution in [3.63, 3.8) is 0 Å². The molecule has 2 aliphatic heterocycles. The molecule has 0 atom stereocenters. The molecule has 2 heterocycles. The Morgan fingerprint density at radius 1 is 1.00 bits per heavy atom. The van der Waals surface area contributed by atoms with Crippen LogP contribution in [-0.4, -0.2) is 84.3 Å². The summed E-state index contributed by atoms with van der Waals surface area (Å²) >= 11 is 6.49. The van der Waals surface area contributed by atoms with Gasteiger partial charge in [-0.05, 0) is 99.7 Å². The number of nitrogens with zero attached hydrogens (tertiary/aromatic N) is 4. The van der Waals surface area contributed by atoms with Gasteiger partial charge in [-0.25, -0.2) is 0 Å². The molecule has 5 rings (SSSR count). The van der Waals surface area contributed by atoms with Crippen molar-refractivity contribution in [1.82, 2.24) is 14.7 Å². The lowest BCUT2D eigenvalue weighted by molar-refractivity contribution is -0.133. The molecule has 0 saturated carbocycles. The van der Waals surface area contributed by atoms with Gasteiger partial charge in [0.2, 0.25) is 17.7 Å². The second-order valence-corrected chi connectivity index (χ2v) is 13.3. The minimum Gasteiger partial charge on any atom is -0.343 e. The Labute approximate surface area is 274 Å². The van der Waals surface area contributed by atoms with E-state index in [-0.39, 0.29) is 29.7 Å². The Morgan fingerprint density at radius 2 is 1.76 bits per heavy atom. The fraction of sp³-hybridized carbons (Fsp3) is 0.541. The van der Waals surface area contributed by atoms with Crippen LogP contribution in [0.1, 0.15) is 74.6 Å². The van der Waals surface area contributed by atoms with Gasteiger partial charge < -0.3 is 19.6 Å². The van der Waals surface area contributed by atoms with E-state index in [1.54, 1.807) is 6.92 Å². The Balaban J connectivity index is 1.14. The Morgan fingerprint density at radius 3 is 2.44 bits per heavy atom. The molecule has 45 heavy (non-hydrogen) atoms. The SMILES string of the molecule is CCN(C(=O)Cc1cccc2c1C=CCC2)C1CCN(CCCN(C(=O)C2CCN(C(C)=O)CC2)c2ccc(C)c(Cl)c2)CC1. The average Bonchev–Trinajstić information content (AvgIpc) is 3.05. The number of allylic oxidation sites excluding steroid dienone is 1. The van der Waals surface area contributed by atoms with Crippen molar-refractivity contribution >= 4 is 41.1 Å². The van der Waals surface area contributed by atoms with Crippen LogP contribution in [0.5, 0.6) is 0 Å². The highest BCUT2D eigenvalue weighted by molar-refractivity contribution is 6.31. The van der Waals surface area contributed by atoms with Gasteiger partial charge >= 0.3 is 0 Å². The largest absolute Gasteiger partial charge is 0.343 e. The number of piperidine rings is 2. The third-order valence-electron chi connectivity index (χ3n) is 10.0. The number of amides is 3. The molecule has 1 aliphatic carbocycles. The first-order valence-corrected chi connectivity index (χ1v) is 17.2. The minimum atomic E-state index is -0.0913.